The first kappa shape index (κ1) is 15.8. The molecule has 1 aromatic heterocycles. The topological polar surface area (TPSA) is 120 Å². The molecule has 0 saturated carbocycles. The lowest BCUT2D eigenvalue weighted by atomic mass is 10.0. The maximum atomic E-state index is 11.5. The lowest BCUT2D eigenvalue weighted by Gasteiger charge is -2.14. The van der Waals surface area contributed by atoms with Crippen LogP contribution in [0.5, 0.6) is 0 Å². The van der Waals surface area contributed by atoms with Crippen molar-refractivity contribution in [2.24, 2.45) is 5.84 Å². The Kier molecular flexibility index (Phi) is 5.36. The van der Waals surface area contributed by atoms with Crippen molar-refractivity contribution < 1.29 is 14.7 Å². The highest BCUT2D eigenvalue weighted by Crippen LogP contribution is 2.19. The van der Waals surface area contributed by atoms with Gasteiger partial charge in [0.15, 0.2) is 0 Å². The van der Waals surface area contributed by atoms with E-state index in [1.54, 1.807) is 6.20 Å². The van der Waals surface area contributed by atoms with Gasteiger partial charge in [-0.15, -0.1) is 12.4 Å². The van der Waals surface area contributed by atoms with Gasteiger partial charge < -0.3 is 15.4 Å². The fraction of sp³-hybridized carbons (Fsp3) is 0.167. The smallest absolute Gasteiger partial charge is 0.405 e. The van der Waals surface area contributed by atoms with E-state index in [-0.39, 0.29) is 18.8 Å². The standard InChI is InChI=1S/C12H14N4O3.ClH/c13-16-11(17)10(15-12(18)19)5-7-6-14-9-4-2-1-3-8(7)9;/h1-4,6,10,14-15H,5,13H2,(H,16,17)(H,18,19);1H. The molecule has 6 N–H and O–H groups in total. The van der Waals surface area contributed by atoms with Crippen molar-refractivity contribution >= 4 is 35.3 Å². The van der Waals surface area contributed by atoms with Crippen LogP contribution >= 0.6 is 12.4 Å². The number of hydrogen-bond donors (Lipinski definition) is 5. The second kappa shape index (κ2) is 6.78. The molecule has 2 amide bonds. The van der Waals surface area contributed by atoms with Crippen LogP contribution in [-0.2, 0) is 11.2 Å². The second-order valence-electron chi connectivity index (χ2n) is 4.07. The minimum atomic E-state index is -1.27. The highest BCUT2D eigenvalue weighted by molar-refractivity contribution is 5.87. The molecule has 1 unspecified atom stereocenters. The Morgan fingerprint density at radius 3 is 2.70 bits per heavy atom. The Hall–Kier alpha value is -2.25. The number of amides is 2. The number of benzene rings is 1. The monoisotopic (exact) mass is 298 g/mol. The van der Waals surface area contributed by atoms with Crippen molar-refractivity contribution in [1.82, 2.24) is 15.7 Å². The minimum absolute atomic E-state index is 0. The van der Waals surface area contributed by atoms with Gasteiger partial charge in [0.05, 0.1) is 0 Å². The Labute approximate surface area is 120 Å². The molecular weight excluding hydrogens is 284 g/mol. The number of nitrogens with one attached hydrogen (secondary N) is 3. The van der Waals surface area contributed by atoms with Crippen LogP contribution in [0.25, 0.3) is 10.9 Å². The van der Waals surface area contributed by atoms with Gasteiger partial charge in [0.1, 0.15) is 6.04 Å². The van der Waals surface area contributed by atoms with Gasteiger partial charge in [0.25, 0.3) is 5.91 Å². The summed E-state index contributed by atoms with van der Waals surface area (Å²) in [6.07, 6.45) is 0.707. The third-order valence-electron chi connectivity index (χ3n) is 2.86. The quantitative estimate of drug-likeness (QED) is 0.325. The second-order valence-corrected chi connectivity index (χ2v) is 4.07. The number of para-hydroxylation sites is 1. The molecule has 0 saturated heterocycles. The van der Waals surface area contributed by atoms with Gasteiger partial charge >= 0.3 is 6.09 Å². The molecule has 0 radical (unpaired) electrons. The van der Waals surface area contributed by atoms with Gasteiger partial charge in [-0.05, 0) is 11.6 Å². The molecular formula is C12H15ClN4O3. The highest BCUT2D eigenvalue weighted by Gasteiger charge is 2.21. The number of rotatable bonds is 4. The first-order chi connectivity index (χ1) is 9.11. The number of fused-ring (bicyclic) bond motifs is 1. The molecule has 7 nitrogen and oxygen atoms in total. The first-order valence-electron chi connectivity index (χ1n) is 5.66. The number of halogens is 1. The number of hydrogen-bond acceptors (Lipinski definition) is 3. The molecule has 20 heavy (non-hydrogen) atoms. The van der Waals surface area contributed by atoms with E-state index in [9.17, 15) is 9.59 Å². The molecule has 0 aliphatic heterocycles. The van der Waals surface area contributed by atoms with Gasteiger partial charge in [-0.1, -0.05) is 18.2 Å². The largest absolute Gasteiger partial charge is 0.465 e. The predicted octanol–water partition coefficient (Wildman–Crippen LogP) is 0.758. The summed E-state index contributed by atoms with van der Waals surface area (Å²) in [4.78, 5) is 25.3. The normalized spacial score (nSPS) is 11.4. The van der Waals surface area contributed by atoms with E-state index in [0.29, 0.717) is 0 Å². The molecule has 0 aliphatic carbocycles. The summed E-state index contributed by atoms with van der Waals surface area (Å²) in [6, 6.07) is 6.65. The van der Waals surface area contributed by atoms with E-state index in [4.69, 9.17) is 10.9 Å². The molecule has 1 heterocycles. The van der Waals surface area contributed by atoms with Gasteiger partial charge in [-0.2, -0.15) is 0 Å². The average molecular weight is 299 g/mol. The van der Waals surface area contributed by atoms with Crippen molar-refractivity contribution in [3.8, 4) is 0 Å². The molecule has 1 atom stereocenters. The van der Waals surface area contributed by atoms with E-state index >= 15 is 0 Å². The molecule has 108 valence electrons. The summed E-state index contributed by atoms with van der Waals surface area (Å²) in [5, 5.41) is 11.8. The molecule has 0 spiro atoms. The zero-order chi connectivity index (χ0) is 13.8. The number of H-pyrrole nitrogens is 1. The molecule has 8 heteroatoms. The fourth-order valence-electron chi connectivity index (χ4n) is 1.98. The number of carbonyl (C=O) groups excluding carboxylic acids is 1. The molecule has 2 rings (SSSR count). The highest BCUT2D eigenvalue weighted by atomic mass is 35.5. The van der Waals surface area contributed by atoms with Crippen LogP contribution in [0.3, 0.4) is 0 Å². The minimum Gasteiger partial charge on any atom is -0.465 e. The van der Waals surface area contributed by atoms with Crippen LogP contribution in [0.1, 0.15) is 5.56 Å². The Balaban J connectivity index is 0.00000200. The molecule has 2 aromatic rings. The van der Waals surface area contributed by atoms with E-state index in [0.717, 1.165) is 16.5 Å². The zero-order valence-corrected chi connectivity index (χ0v) is 11.2. The Bertz CT molecular complexity index is 614. The Morgan fingerprint density at radius 2 is 2.05 bits per heavy atom. The van der Waals surface area contributed by atoms with Crippen LogP contribution in [-0.4, -0.2) is 28.1 Å². The molecule has 0 fully saturated rings. The van der Waals surface area contributed by atoms with Crippen molar-refractivity contribution in [3.05, 3.63) is 36.0 Å². The molecule has 1 aromatic carbocycles. The first-order valence-corrected chi connectivity index (χ1v) is 5.66. The fourth-order valence-corrected chi connectivity index (χ4v) is 1.98. The summed E-state index contributed by atoms with van der Waals surface area (Å²) in [5.41, 5.74) is 3.73. The zero-order valence-electron chi connectivity index (χ0n) is 10.4. The van der Waals surface area contributed by atoms with Crippen LogP contribution in [0, 0.1) is 0 Å². The molecule has 0 aliphatic rings. The average Bonchev–Trinajstić information content (AvgIpc) is 2.80. The van der Waals surface area contributed by atoms with Crippen molar-refractivity contribution in [2.75, 3.05) is 0 Å². The van der Waals surface area contributed by atoms with E-state index in [1.165, 1.54) is 0 Å². The van der Waals surface area contributed by atoms with Gasteiger partial charge in [0.2, 0.25) is 0 Å². The summed E-state index contributed by atoms with van der Waals surface area (Å²) in [5.74, 6) is 4.47. The van der Waals surface area contributed by atoms with Crippen LogP contribution in [0.4, 0.5) is 4.79 Å². The van der Waals surface area contributed by atoms with Crippen molar-refractivity contribution in [3.63, 3.8) is 0 Å². The van der Waals surface area contributed by atoms with E-state index < -0.39 is 18.0 Å². The lowest BCUT2D eigenvalue weighted by molar-refractivity contribution is -0.123. The summed E-state index contributed by atoms with van der Waals surface area (Å²) >= 11 is 0. The van der Waals surface area contributed by atoms with Crippen LogP contribution in [0.15, 0.2) is 30.5 Å². The summed E-state index contributed by atoms with van der Waals surface area (Å²) < 4.78 is 0. The lowest BCUT2D eigenvalue weighted by Crippen LogP contribution is -2.49. The predicted molar refractivity (Wildman–Crippen MR) is 76.5 cm³/mol. The maximum absolute atomic E-state index is 11.5. The van der Waals surface area contributed by atoms with Crippen LogP contribution < -0.4 is 16.6 Å². The van der Waals surface area contributed by atoms with Gasteiger partial charge in [0, 0.05) is 23.5 Å². The number of hydrazine groups is 1. The summed E-state index contributed by atoms with van der Waals surface area (Å²) in [7, 11) is 0. The van der Waals surface area contributed by atoms with Crippen molar-refractivity contribution in [2.45, 2.75) is 12.5 Å². The third-order valence-corrected chi connectivity index (χ3v) is 2.86. The number of carboxylic acid groups (broad SMARTS) is 1. The third kappa shape index (κ3) is 3.40. The SMILES string of the molecule is Cl.NNC(=O)C(Cc1c[nH]c2ccccc12)NC(=O)O. The van der Waals surface area contributed by atoms with Gasteiger partial charge in [-0.3, -0.25) is 10.2 Å². The summed E-state index contributed by atoms with van der Waals surface area (Å²) in [6.45, 7) is 0. The van der Waals surface area contributed by atoms with Crippen molar-refractivity contribution in [1.29, 1.82) is 0 Å². The van der Waals surface area contributed by atoms with E-state index in [1.807, 2.05) is 29.7 Å². The maximum Gasteiger partial charge on any atom is 0.405 e. The van der Waals surface area contributed by atoms with Gasteiger partial charge in [-0.25, -0.2) is 10.6 Å². The number of carbonyl (C=O) groups is 2. The number of nitrogens with two attached hydrogens (primary N) is 1. The van der Waals surface area contributed by atoms with Crippen LogP contribution in [0.2, 0.25) is 0 Å². The Morgan fingerprint density at radius 1 is 1.35 bits per heavy atom. The molecule has 0 bridgehead atoms. The number of aromatic amines is 1. The number of aromatic nitrogens is 1. The van der Waals surface area contributed by atoms with E-state index in [2.05, 4.69) is 10.3 Å².